The Morgan fingerprint density at radius 1 is 1.47 bits per heavy atom. The highest BCUT2D eigenvalue weighted by atomic mass is 19.4. The van der Waals surface area contributed by atoms with Gasteiger partial charge in [0, 0.05) is 11.4 Å². The van der Waals surface area contributed by atoms with Crippen LogP contribution >= 0.6 is 0 Å². The summed E-state index contributed by atoms with van der Waals surface area (Å²) in [5.74, 6) is -0.574. The first-order chi connectivity index (χ1) is 7.84. The van der Waals surface area contributed by atoms with Crippen LogP contribution in [0.2, 0.25) is 0 Å². The minimum absolute atomic E-state index is 0.150. The Bertz CT molecular complexity index is 419. The van der Waals surface area contributed by atoms with Gasteiger partial charge in [0.2, 0.25) is 0 Å². The summed E-state index contributed by atoms with van der Waals surface area (Å²) >= 11 is 0. The fourth-order valence-corrected chi connectivity index (χ4v) is 1.16. The van der Waals surface area contributed by atoms with E-state index in [1.54, 1.807) is 0 Å². The molecule has 3 N–H and O–H groups in total. The van der Waals surface area contributed by atoms with Crippen LogP contribution in [0.3, 0.4) is 0 Å². The maximum Gasteiger partial charge on any atom is 0.418 e. The molecule has 0 heterocycles. The van der Waals surface area contributed by atoms with Crippen LogP contribution < -0.4 is 11.1 Å². The standard InChI is InChI=1S/C10H11F3N2O2/c1-17-9(16)5-15-6-2-3-8(14)7(4-6)10(11,12)13/h2-4,15H,5,14H2,1H3. The van der Waals surface area contributed by atoms with Crippen molar-refractivity contribution < 1.29 is 22.7 Å². The van der Waals surface area contributed by atoms with E-state index in [0.717, 1.165) is 12.1 Å². The number of carbonyl (C=O) groups excluding carboxylic acids is 1. The van der Waals surface area contributed by atoms with E-state index < -0.39 is 17.7 Å². The van der Waals surface area contributed by atoms with Crippen LogP contribution in [0.4, 0.5) is 24.5 Å². The third-order valence-electron chi connectivity index (χ3n) is 2.02. The molecule has 7 heteroatoms. The number of hydrogen-bond donors (Lipinski definition) is 2. The second kappa shape index (κ2) is 4.94. The number of nitrogen functional groups attached to an aromatic ring is 1. The van der Waals surface area contributed by atoms with E-state index in [2.05, 4.69) is 10.1 Å². The average molecular weight is 248 g/mol. The molecule has 0 radical (unpaired) electrons. The molecular weight excluding hydrogens is 237 g/mol. The van der Waals surface area contributed by atoms with E-state index in [9.17, 15) is 18.0 Å². The molecule has 0 saturated carbocycles. The zero-order valence-corrected chi connectivity index (χ0v) is 8.97. The molecule has 0 amide bonds. The van der Waals surface area contributed by atoms with Crippen molar-refractivity contribution in [3.63, 3.8) is 0 Å². The number of nitrogens with two attached hydrogens (primary N) is 1. The largest absolute Gasteiger partial charge is 0.468 e. The van der Waals surface area contributed by atoms with Gasteiger partial charge in [-0.25, -0.2) is 0 Å². The second-order valence-electron chi connectivity index (χ2n) is 3.23. The lowest BCUT2D eigenvalue weighted by Crippen LogP contribution is -2.16. The first-order valence-electron chi connectivity index (χ1n) is 4.62. The van der Waals surface area contributed by atoms with Gasteiger partial charge in [-0.2, -0.15) is 13.2 Å². The van der Waals surface area contributed by atoms with Crippen molar-refractivity contribution in [3.8, 4) is 0 Å². The highest BCUT2D eigenvalue weighted by Crippen LogP contribution is 2.34. The van der Waals surface area contributed by atoms with Crippen molar-refractivity contribution in [2.75, 3.05) is 24.7 Å². The highest BCUT2D eigenvalue weighted by molar-refractivity contribution is 5.75. The Morgan fingerprint density at radius 3 is 2.65 bits per heavy atom. The molecule has 17 heavy (non-hydrogen) atoms. The van der Waals surface area contributed by atoms with Gasteiger partial charge in [-0.05, 0) is 18.2 Å². The molecule has 0 bridgehead atoms. The fourth-order valence-electron chi connectivity index (χ4n) is 1.16. The smallest absolute Gasteiger partial charge is 0.418 e. The van der Waals surface area contributed by atoms with Gasteiger partial charge in [0.1, 0.15) is 6.54 Å². The van der Waals surface area contributed by atoms with E-state index in [1.165, 1.54) is 13.2 Å². The summed E-state index contributed by atoms with van der Waals surface area (Å²) in [5, 5.41) is 2.50. The van der Waals surface area contributed by atoms with Crippen LogP contribution in [0.5, 0.6) is 0 Å². The Kier molecular flexibility index (Phi) is 3.82. The average Bonchev–Trinajstić information content (AvgIpc) is 2.26. The minimum Gasteiger partial charge on any atom is -0.468 e. The number of rotatable bonds is 3. The number of methoxy groups -OCH3 is 1. The minimum atomic E-state index is -4.52. The van der Waals surface area contributed by atoms with Gasteiger partial charge in [-0.3, -0.25) is 4.79 Å². The topological polar surface area (TPSA) is 64.3 Å². The number of nitrogens with one attached hydrogen (secondary N) is 1. The van der Waals surface area contributed by atoms with E-state index in [1.807, 2.05) is 0 Å². The van der Waals surface area contributed by atoms with Crippen LogP contribution in [-0.4, -0.2) is 19.6 Å². The maximum absolute atomic E-state index is 12.5. The lowest BCUT2D eigenvalue weighted by molar-refractivity contribution is -0.138. The predicted octanol–water partition coefficient (Wildman–Crippen LogP) is 1.87. The first-order valence-corrected chi connectivity index (χ1v) is 4.62. The van der Waals surface area contributed by atoms with Gasteiger partial charge in [-0.15, -0.1) is 0 Å². The third-order valence-corrected chi connectivity index (χ3v) is 2.02. The molecule has 0 spiro atoms. The van der Waals surface area contributed by atoms with Crippen LogP contribution in [0.25, 0.3) is 0 Å². The maximum atomic E-state index is 12.5. The van der Waals surface area contributed by atoms with Crippen molar-refractivity contribution >= 4 is 17.3 Å². The van der Waals surface area contributed by atoms with Gasteiger partial charge >= 0.3 is 12.1 Å². The zero-order valence-electron chi connectivity index (χ0n) is 8.97. The van der Waals surface area contributed by atoms with Crippen LogP contribution in [0.15, 0.2) is 18.2 Å². The molecule has 1 aromatic carbocycles. The number of esters is 1. The fraction of sp³-hybridized carbons (Fsp3) is 0.300. The Morgan fingerprint density at radius 2 is 2.12 bits per heavy atom. The van der Waals surface area contributed by atoms with Crippen LogP contribution in [0.1, 0.15) is 5.56 Å². The Hall–Kier alpha value is -1.92. The van der Waals surface area contributed by atoms with Crippen LogP contribution in [0, 0.1) is 0 Å². The van der Waals surface area contributed by atoms with Gasteiger partial charge in [0.25, 0.3) is 0 Å². The van der Waals surface area contributed by atoms with Crippen molar-refractivity contribution in [1.82, 2.24) is 0 Å². The monoisotopic (exact) mass is 248 g/mol. The van der Waals surface area contributed by atoms with Gasteiger partial charge in [0.15, 0.2) is 0 Å². The quantitative estimate of drug-likeness (QED) is 0.633. The van der Waals surface area contributed by atoms with E-state index in [4.69, 9.17) is 5.73 Å². The molecule has 1 rings (SSSR count). The van der Waals surface area contributed by atoms with Gasteiger partial charge in [0.05, 0.1) is 12.7 Å². The van der Waals surface area contributed by atoms with Crippen molar-refractivity contribution in [2.45, 2.75) is 6.18 Å². The molecule has 0 fully saturated rings. The first kappa shape index (κ1) is 13.1. The highest BCUT2D eigenvalue weighted by Gasteiger charge is 2.33. The van der Waals surface area contributed by atoms with Crippen LogP contribution in [-0.2, 0) is 15.7 Å². The van der Waals surface area contributed by atoms with Crippen molar-refractivity contribution in [2.24, 2.45) is 0 Å². The summed E-state index contributed by atoms with van der Waals surface area (Å²) in [5.41, 5.74) is 4.07. The zero-order chi connectivity index (χ0) is 13.1. The predicted molar refractivity (Wildman–Crippen MR) is 56.4 cm³/mol. The second-order valence-corrected chi connectivity index (χ2v) is 3.23. The summed E-state index contributed by atoms with van der Waals surface area (Å²) in [6.45, 7) is -0.211. The van der Waals surface area contributed by atoms with E-state index in [-0.39, 0.29) is 17.9 Å². The number of alkyl halides is 3. The van der Waals surface area contributed by atoms with Crippen molar-refractivity contribution in [1.29, 1.82) is 0 Å². The number of hydrogen-bond acceptors (Lipinski definition) is 4. The summed E-state index contributed by atoms with van der Waals surface area (Å²) < 4.78 is 41.8. The molecular formula is C10H11F3N2O2. The molecule has 0 saturated heterocycles. The van der Waals surface area contributed by atoms with E-state index in [0.29, 0.717) is 0 Å². The summed E-state index contributed by atoms with van der Waals surface area (Å²) in [6, 6.07) is 3.33. The molecule has 0 aliphatic heterocycles. The molecule has 4 nitrogen and oxygen atoms in total. The Labute approximate surface area is 95.6 Å². The number of benzene rings is 1. The van der Waals surface area contributed by atoms with E-state index >= 15 is 0 Å². The third kappa shape index (κ3) is 3.54. The molecule has 94 valence electrons. The van der Waals surface area contributed by atoms with Gasteiger partial charge < -0.3 is 15.8 Å². The SMILES string of the molecule is COC(=O)CNc1ccc(N)c(C(F)(F)F)c1. The lowest BCUT2D eigenvalue weighted by atomic mass is 10.1. The van der Waals surface area contributed by atoms with Gasteiger partial charge in [-0.1, -0.05) is 0 Å². The van der Waals surface area contributed by atoms with Crippen molar-refractivity contribution in [3.05, 3.63) is 23.8 Å². The molecule has 0 aliphatic rings. The summed E-state index contributed by atoms with van der Waals surface area (Å²) in [4.78, 5) is 10.8. The molecule has 0 aromatic heterocycles. The molecule has 0 atom stereocenters. The summed E-state index contributed by atoms with van der Waals surface area (Å²) in [7, 11) is 1.19. The number of halogens is 3. The number of ether oxygens (including phenoxy) is 1. The summed E-state index contributed by atoms with van der Waals surface area (Å²) in [6.07, 6.45) is -4.52. The Balaban J connectivity index is 2.86. The molecule has 0 unspecified atom stereocenters. The molecule has 1 aromatic rings. The number of carbonyl (C=O) groups is 1. The number of anilines is 2. The lowest BCUT2D eigenvalue weighted by Gasteiger charge is -2.12. The normalized spacial score (nSPS) is 11.1. The molecule has 0 aliphatic carbocycles.